The van der Waals surface area contributed by atoms with Crippen molar-refractivity contribution in [2.24, 2.45) is 5.92 Å². The molecule has 65 heavy (non-hydrogen) atoms. The van der Waals surface area contributed by atoms with Gasteiger partial charge in [-0.1, -0.05) is 256 Å². The Bertz CT molecular complexity index is 2190. The molecule has 0 aromatic heterocycles. The highest BCUT2D eigenvalue weighted by molar-refractivity contribution is 5.79. The number of benzene rings is 7. The van der Waals surface area contributed by atoms with Gasteiger partial charge in [0.25, 0.3) is 0 Å². The van der Waals surface area contributed by atoms with Gasteiger partial charge in [0.2, 0.25) is 0 Å². The lowest BCUT2D eigenvalue weighted by Gasteiger charge is -2.18. The van der Waals surface area contributed by atoms with Gasteiger partial charge >= 0.3 is 0 Å². The van der Waals surface area contributed by atoms with E-state index in [-0.39, 0.29) is 0 Å². The van der Waals surface area contributed by atoms with Crippen molar-refractivity contribution in [3.05, 3.63) is 216 Å². The molecular weight excluding hydrogens is 785 g/mol. The van der Waals surface area contributed by atoms with Gasteiger partial charge in [-0.2, -0.15) is 0 Å². The Balaban J connectivity index is 0.000000964. The summed E-state index contributed by atoms with van der Waals surface area (Å²) in [5, 5.41) is 0. The van der Waals surface area contributed by atoms with Crippen LogP contribution in [0.4, 0.5) is 0 Å². The monoisotopic (exact) mass is 871 g/mol. The quantitative estimate of drug-likeness (QED) is 0.138. The van der Waals surface area contributed by atoms with Gasteiger partial charge in [-0.3, -0.25) is 0 Å². The molecule has 7 rings (SSSR count). The Kier molecular flexibility index (Phi) is 33.3. The fraction of sp³-hybridized carbons (Fsp3) is 0.312. The molecule has 0 saturated carbocycles. The molecule has 1 atom stereocenters. The molecule has 0 aliphatic carbocycles. The molecule has 0 saturated heterocycles. The van der Waals surface area contributed by atoms with Crippen LogP contribution >= 0.6 is 0 Å². The van der Waals surface area contributed by atoms with Crippen molar-refractivity contribution >= 4 is 0 Å². The normalized spacial score (nSPS) is 9.86. The molecular formula is C64H86O. The van der Waals surface area contributed by atoms with Gasteiger partial charge < -0.3 is 4.74 Å². The number of rotatable bonds is 8. The number of aryl methyl sites for hydroxylation is 3. The SMILES string of the molecule is C=CC.CC.CC.CC.CC(C)Cc1ccccc1.CCC(C)c1ccc(-c2ccc(-c3ccc(C)cc3)cc2)cc1-c1ccccc1C.COC.Cc1cccc(-c2ccccc2)c1. The first kappa shape index (κ1) is 59.2. The first-order valence-corrected chi connectivity index (χ1v) is 24.1. The van der Waals surface area contributed by atoms with Crippen molar-refractivity contribution in [3.8, 4) is 44.5 Å². The fourth-order valence-electron chi connectivity index (χ4n) is 6.64. The minimum absolute atomic E-state index is 0.539. The lowest BCUT2D eigenvalue weighted by atomic mass is 9.86. The summed E-state index contributed by atoms with van der Waals surface area (Å²) in [4.78, 5) is 0. The highest BCUT2D eigenvalue weighted by Gasteiger charge is 2.14. The van der Waals surface area contributed by atoms with Crippen LogP contribution in [-0.2, 0) is 11.2 Å². The van der Waals surface area contributed by atoms with Crippen molar-refractivity contribution in [3.63, 3.8) is 0 Å². The number of allylic oxidation sites excluding steroid dienone is 1. The van der Waals surface area contributed by atoms with Crippen LogP contribution in [0.2, 0.25) is 0 Å². The summed E-state index contributed by atoms with van der Waals surface area (Å²) >= 11 is 0. The molecule has 0 bridgehead atoms. The summed E-state index contributed by atoms with van der Waals surface area (Å²) in [6, 6.07) is 63.0. The predicted molar refractivity (Wildman–Crippen MR) is 295 cm³/mol. The van der Waals surface area contributed by atoms with E-state index in [1.807, 2.05) is 54.5 Å². The second-order valence-corrected chi connectivity index (χ2v) is 15.5. The van der Waals surface area contributed by atoms with Crippen molar-refractivity contribution in [1.29, 1.82) is 0 Å². The van der Waals surface area contributed by atoms with Gasteiger partial charge in [-0.05, 0) is 120 Å². The van der Waals surface area contributed by atoms with Gasteiger partial charge in [-0.15, -0.1) is 6.58 Å². The molecule has 0 aliphatic rings. The molecule has 1 heteroatoms. The molecule has 0 fully saturated rings. The minimum Gasteiger partial charge on any atom is -0.388 e. The Labute approximate surface area is 399 Å². The third-order valence-electron chi connectivity index (χ3n) is 9.85. The third kappa shape index (κ3) is 22.6. The van der Waals surface area contributed by atoms with Crippen LogP contribution in [0.3, 0.4) is 0 Å². The fourth-order valence-corrected chi connectivity index (χ4v) is 6.64. The number of hydrogen-bond acceptors (Lipinski definition) is 1. The molecule has 0 amide bonds. The van der Waals surface area contributed by atoms with E-state index in [2.05, 4.69) is 230 Å². The van der Waals surface area contributed by atoms with Gasteiger partial charge in [0.05, 0.1) is 0 Å². The maximum absolute atomic E-state index is 4.25. The molecule has 0 spiro atoms. The number of ether oxygens (including phenoxy) is 1. The molecule has 348 valence electrons. The lowest BCUT2D eigenvalue weighted by molar-refractivity contribution is 0.277. The number of hydrogen-bond donors (Lipinski definition) is 0. The zero-order chi connectivity index (χ0) is 49.0. The Morgan fingerprint density at radius 1 is 0.462 bits per heavy atom. The Morgan fingerprint density at radius 3 is 1.34 bits per heavy atom. The second kappa shape index (κ2) is 36.6. The summed E-state index contributed by atoms with van der Waals surface area (Å²) in [6.45, 7) is 32.8. The van der Waals surface area contributed by atoms with Gasteiger partial charge in [0.15, 0.2) is 0 Å². The van der Waals surface area contributed by atoms with E-state index in [1.165, 1.54) is 78.7 Å². The van der Waals surface area contributed by atoms with E-state index in [1.54, 1.807) is 20.3 Å². The third-order valence-corrected chi connectivity index (χ3v) is 9.85. The molecule has 7 aromatic rings. The average Bonchev–Trinajstić information content (AvgIpc) is 3.35. The van der Waals surface area contributed by atoms with Crippen LogP contribution in [0.1, 0.15) is 116 Å². The van der Waals surface area contributed by atoms with Crippen LogP contribution in [0.5, 0.6) is 0 Å². The van der Waals surface area contributed by atoms with Gasteiger partial charge in [0.1, 0.15) is 0 Å². The Morgan fingerprint density at radius 2 is 0.862 bits per heavy atom. The standard InChI is InChI=1S/C30H30.C13H12.C10H14.C3H6.C2H6O.3C2H6/c1-5-22(3)29-19-18-27(20-30(29)28-9-7-6-8-23(28)4)26-16-14-25(15-17-26)24-12-10-21(2)11-13-24;1-11-6-5-9-13(10-11)12-7-3-2-4-8-12;1-9(2)8-10-6-4-3-5-7-10;2*1-3-2;3*1-2/h6-20,22H,5H2,1-4H3;2-10H,1H3;3-7,9H,8H2,1-2H3;3H,1H2,2H3;1-2H3;3*1-2H3. The highest BCUT2D eigenvalue weighted by Crippen LogP contribution is 2.36. The van der Waals surface area contributed by atoms with Crippen molar-refractivity contribution in [2.45, 2.75) is 116 Å². The summed E-state index contributed by atoms with van der Waals surface area (Å²) in [5.74, 6) is 1.31. The van der Waals surface area contributed by atoms with Crippen LogP contribution in [0.25, 0.3) is 44.5 Å². The lowest BCUT2D eigenvalue weighted by Crippen LogP contribution is -1.97. The molecule has 0 N–H and O–H groups in total. The predicted octanol–water partition coefficient (Wildman–Crippen LogP) is 19.9. The summed E-state index contributed by atoms with van der Waals surface area (Å²) < 4.78 is 4.25. The van der Waals surface area contributed by atoms with E-state index < -0.39 is 0 Å². The summed E-state index contributed by atoms with van der Waals surface area (Å²) in [7, 11) is 3.25. The molecule has 0 heterocycles. The largest absolute Gasteiger partial charge is 0.388 e. The van der Waals surface area contributed by atoms with E-state index in [0.717, 1.165) is 12.3 Å². The second-order valence-electron chi connectivity index (χ2n) is 15.5. The van der Waals surface area contributed by atoms with Gasteiger partial charge in [-0.25, -0.2) is 0 Å². The maximum atomic E-state index is 4.25. The van der Waals surface area contributed by atoms with Crippen LogP contribution < -0.4 is 0 Å². The van der Waals surface area contributed by atoms with E-state index >= 15 is 0 Å². The van der Waals surface area contributed by atoms with Crippen LogP contribution in [0.15, 0.2) is 189 Å². The van der Waals surface area contributed by atoms with E-state index in [0.29, 0.717) is 5.92 Å². The molecule has 1 nitrogen and oxygen atoms in total. The smallest absolute Gasteiger partial charge is 0.0351 e. The van der Waals surface area contributed by atoms with Crippen LogP contribution in [0, 0.1) is 26.7 Å². The first-order valence-electron chi connectivity index (χ1n) is 24.1. The molecule has 7 aromatic carbocycles. The van der Waals surface area contributed by atoms with Gasteiger partial charge in [0, 0.05) is 14.2 Å². The van der Waals surface area contributed by atoms with Crippen molar-refractivity contribution in [1.82, 2.24) is 0 Å². The highest BCUT2D eigenvalue weighted by atomic mass is 16.4. The molecule has 0 aliphatic heterocycles. The zero-order valence-corrected chi connectivity index (χ0v) is 43.5. The molecule has 0 radical (unpaired) electrons. The Hall–Kier alpha value is -5.76. The minimum atomic E-state index is 0.539. The zero-order valence-electron chi connectivity index (χ0n) is 43.5. The maximum Gasteiger partial charge on any atom is 0.0351 e. The summed E-state index contributed by atoms with van der Waals surface area (Å²) in [5.41, 5.74) is 17.1. The number of methoxy groups -OCH3 is 1. The van der Waals surface area contributed by atoms with Crippen molar-refractivity contribution < 1.29 is 4.74 Å². The van der Waals surface area contributed by atoms with Crippen molar-refractivity contribution in [2.75, 3.05) is 14.2 Å². The van der Waals surface area contributed by atoms with Crippen LogP contribution in [-0.4, -0.2) is 14.2 Å². The average molecular weight is 871 g/mol. The van der Waals surface area contributed by atoms with E-state index in [9.17, 15) is 0 Å². The topological polar surface area (TPSA) is 9.23 Å². The van der Waals surface area contributed by atoms with E-state index in [4.69, 9.17) is 0 Å². The first-order chi connectivity index (χ1) is 31.5. The summed E-state index contributed by atoms with van der Waals surface area (Å²) in [6.07, 6.45) is 4.09. The molecule has 1 unspecified atom stereocenters.